The van der Waals surface area contributed by atoms with Crippen LogP contribution in [-0.2, 0) is 0 Å². The lowest BCUT2D eigenvalue weighted by molar-refractivity contribution is 0.199. The van der Waals surface area contributed by atoms with Gasteiger partial charge in [-0.05, 0) is 75.2 Å². The molecule has 2 heterocycles. The number of hydrogen-bond donors (Lipinski definition) is 1. The van der Waals surface area contributed by atoms with Crippen LogP contribution < -0.4 is 4.90 Å². The van der Waals surface area contributed by atoms with Crippen molar-refractivity contribution in [3.05, 3.63) is 53.4 Å². The summed E-state index contributed by atoms with van der Waals surface area (Å²) in [5.74, 6) is -0.568. The lowest BCUT2D eigenvalue weighted by atomic mass is 9.89. The van der Waals surface area contributed by atoms with Crippen molar-refractivity contribution in [2.24, 2.45) is 5.92 Å². The fraction of sp³-hybridized carbons (Fsp3) is 0.375. The van der Waals surface area contributed by atoms with Crippen LogP contribution in [-0.4, -0.2) is 48.2 Å². The van der Waals surface area contributed by atoms with Crippen molar-refractivity contribution in [1.29, 1.82) is 0 Å². The van der Waals surface area contributed by atoms with Crippen molar-refractivity contribution in [3.63, 3.8) is 0 Å². The number of pyridine rings is 1. The highest BCUT2D eigenvalue weighted by Gasteiger charge is 2.26. The highest BCUT2D eigenvalue weighted by molar-refractivity contribution is 6.32. The maximum Gasteiger partial charge on any atom is 0.170 e. The molecule has 1 atom stereocenters. The highest BCUT2D eigenvalue weighted by Crippen LogP contribution is 2.36. The summed E-state index contributed by atoms with van der Waals surface area (Å²) in [6.45, 7) is 4.24. The number of aromatic hydroxyl groups is 1. The Labute approximate surface area is 181 Å². The van der Waals surface area contributed by atoms with Crippen LogP contribution >= 0.6 is 11.6 Å². The summed E-state index contributed by atoms with van der Waals surface area (Å²) >= 11 is 5.98. The fourth-order valence-electron chi connectivity index (χ4n) is 4.28. The van der Waals surface area contributed by atoms with E-state index in [0.717, 1.165) is 48.1 Å². The van der Waals surface area contributed by atoms with Gasteiger partial charge in [0, 0.05) is 36.8 Å². The number of piperidine rings is 1. The molecular formula is C24H26ClFN3O. The molecule has 2 aromatic carbocycles. The minimum atomic E-state index is -0.729. The molecule has 30 heavy (non-hydrogen) atoms. The molecule has 1 aliphatic rings. The molecule has 1 N–H and O–H groups in total. The first kappa shape index (κ1) is 20.9. The second-order valence-corrected chi connectivity index (χ2v) is 8.71. The molecule has 0 saturated carbocycles. The van der Waals surface area contributed by atoms with Crippen LogP contribution in [0.5, 0.6) is 5.75 Å². The van der Waals surface area contributed by atoms with Crippen LogP contribution in [0.25, 0.3) is 22.0 Å². The average molecular weight is 427 g/mol. The number of anilines is 1. The smallest absolute Gasteiger partial charge is 0.170 e. The first-order valence-electron chi connectivity index (χ1n) is 10.3. The van der Waals surface area contributed by atoms with E-state index >= 15 is 0 Å². The van der Waals surface area contributed by atoms with Crippen LogP contribution in [0.1, 0.15) is 19.8 Å². The van der Waals surface area contributed by atoms with Gasteiger partial charge in [-0.25, -0.2) is 4.39 Å². The third-order valence-corrected chi connectivity index (χ3v) is 6.65. The minimum absolute atomic E-state index is 0.000142. The zero-order valence-electron chi connectivity index (χ0n) is 17.5. The van der Waals surface area contributed by atoms with E-state index in [1.54, 1.807) is 12.3 Å². The molecule has 1 radical (unpaired) electrons. The number of nitrogens with zero attached hydrogens (tertiary/aromatic N) is 3. The van der Waals surface area contributed by atoms with Gasteiger partial charge in [0.15, 0.2) is 11.6 Å². The molecule has 1 aromatic heterocycles. The Morgan fingerprint density at radius 1 is 1.20 bits per heavy atom. The quantitative estimate of drug-likeness (QED) is 0.609. The van der Waals surface area contributed by atoms with Crippen molar-refractivity contribution in [1.82, 2.24) is 9.88 Å². The van der Waals surface area contributed by atoms with Crippen molar-refractivity contribution in [2.45, 2.75) is 25.8 Å². The number of phenolic OH excluding ortho intramolecular Hbond substituents is 1. The second kappa shape index (κ2) is 8.40. The molecule has 4 nitrogen and oxygen atoms in total. The largest absolute Gasteiger partial charge is 0.504 e. The molecule has 1 saturated heterocycles. The summed E-state index contributed by atoms with van der Waals surface area (Å²) in [7, 11) is 4.28. The van der Waals surface area contributed by atoms with Gasteiger partial charge in [0.25, 0.3) is 0 Å². The van der Waals surface area contributed by atoms with Crippen LogP contribution in [0.15, 0.2) is 36.5 Å². The van der Waals surface area contributed by atoms with E-state index in [1.807, 2.05) is 18.2 Å². The van der Waals surface area contributed by atoms with Gasteiger partial charge < -0.3 is 14.9 Å². The number of halogens is 2. The van der Waals surface area contributed by atoms with Crippen LogP contribution in [0.2, 0.25) is 5.02 Å². The maximum absolute atomic E-state index is 14.0. The molecule has 0 bridgehead atoms. The van der Waals surface area contributed by atoms with Crippen LogP contribution in [0, 0.1) is 17.8 Å². The Kier molecular flexibility index (Phi) is 5.85. The van der Waals surface area contributed by atoms with E-state index in [1.165, 1.54) is 6.07 Å². The lowest BCUT2D eigenvalue weighted by Crippen LogP contribution is -2.41. The van der Waals surface area contributed by atoms with Crippen molar-refractivity contribution in [2.75, 3.05) is 32.1 Å². The topological polar surface area (TPSA) is 39.6 Å². The van der Waals surface area contributed by atoms with Gasteiger partial charge in [-0.3, -0.25) is 4.98 Å². The van der Waals surface area contributed by atoms with Crippen molar-refractivity contribution in [3.8, 4) is 16.9 Å². The third-order valence-electron chi connectivity index (χ3n) is 6.36. The predicted molar refractivity (Wildman–Crippen MR) is 121 cm³/mol. The molecule has 3 aromatic rings. The zero-order chi connectivity index (χ0) is 21.4. The van der Waals surface area contributed by atoms with Gasteiger partial charge in [-0.15, -0.1) is 0 Å². The number of benzene rings is 2. The van der Waals surface area contributed by atoms with E-state index in [-0.39, 0.29) is 5.02 Å². The first-order chi connectivity index (χ1) is 14.3. The lowest BCUT2D eigenvalue weighted by Gasteiger charge is -2.38. The average Bonchev–Trinajstić information content (AvgIpc) is 2.76. The van der Waals surface area contributed by atoms with Gasteiger partial charge in [-0.2, -0.15) is 0 Å². The molecule has 0 aliphatic carbocycles. The van der Waals surface area contributed by atoms with Crippen LogP contribution in [0.4, 0.5) is 10.1 Å². The normalized spacial score (nSPS) is 16.4. The number of phenols is 1. The Hall–Kier alpha value is -2.37. The van der Waals surface area contributed by atoms with E-state index < -0.39 is 11.6 Å². The first-order valence-corrected chi connectivity index (χ1v) is 10.6. The fourth-order valence-corrected chi connectivity index (χ4v) is 4.49. The van der Waals surface area contributed by atoms with Gasteiger partial charge >= 0.3 is 0 Å². The standard InChI is InChI=1S/C24H26ClFN3O/c1-15(28(2)3)16-7-10-29(11-8-16)23-6-9-27-22-5-4-17(12-19(22)23)18-13-20(25)24(30)21(26)14-18/h4-5,9,12-16,30H,7-8,10-11H2,1-3H3. The SMILES string of the molecule is CC(C1CCN(c2[c]cnc3ccc(-c4cc(F)c(O)c(Cl)c4)cc23)CC1)N(C)C. The van der Waals surface area contributed by atoms with Gasteiger partial charge in [0.05, 0.1) is 16.2 Å². The molecular weight excluding hydrogens is 401 g/mol. The van der Waals surface area contributed by atoms with E-state index in [4.69, 9.17) is 11.6 Å². The monoisotopic (exact) mass is 426 g/mol. The summed E-state index contributed by atoms with van der Waals surface area (Å²) in [6, 6.07) is 12.6. The van der Waals surface area contributed by atoms with E-state index in [2.05, 4.69) is 41.9 Å². The summed E-state index contributed by atoms with van der Waals surface area (Å²) < 4.78 is 14.0. The highest BCUT2D eigenvalue weighted by atomic mass is 35.5. The van der Waals surface area contributed by atoms with Gasteiger partial charge in [0.2, 0.25) is 0 Å². The Balaban J connectivity index is 1.66. The molecule has 0 amide bonds. The predicted octanol–water partition coefficient (Wildman–Crippen LogP) is 5.37. The van der Waals surface area contributed by atoms with E-state index in [0.29, 0.717) is 17.5 Å². The molecule has 0 spiro atoms. The number of aromatic nitrogens is 1. The summed E-state index contributed by atoms with van der Waals surface area (Å²) in [4.78, 5) is 9.12. The molecule has 4 rings (SSSR count). The molecule has 1 fully saturated rings. The molecule has 1 aliphatic heterocycles. The Bertz CT molecular complexity index is 1040. The Morgan fingerprint density at radius 3 is 2.60 bits per heavy atom. The second-order valence-electron chi connectivity index (χ2n) is 8.30. The zero-order valence-corrected chi connectivity index (χ0v) is 18.2. The Morgan fingerprint density at radius 2 is 1.93 bits per heavy atom. The van der Waals surface area contributed by atoms with Crippen molar-refractivity contribution < 1.29 is 9.50 Å². The number of fused-ring (bicyclic) bond motifs is 1. The summed E-state index contributed by atoms with van der Waals surface area (Å²) in [5, 5.41) is 10.6. The van der Waals surface area contributed by atoms with Crippen molar-refractivity contribution >= 4 is 28.2 Å². The van der Waals surface area contributed by atoms with Gasteiger partial charge in [-0.1, -0.05) is 17.7 Å². The molecule has 6 heteroatoms. The summed E-state index contributed by atoms with van der Waals surface area (Å²) in [6.07, 6.45) is 3.99. The van der Waals surface area contributed by atoms with Gasteiger partial charge in [0.1, 0.15) is 0 Å². The third kappa shape index (κ3) is 3.96. The minimum Gasteiger partial charge on any atom is -0.504 e. The number of hydrogen-bond acceptors (Lipinski definition) is 4. The summed E-state index contributed by atoms with van der Waals surface area (Å²) in [5.41, 5.74) is 3.34. The number of rotatable bonds is 4. The maximum atomic E-state index is 14.0. The van der Waals surface area contributed by atoms with E-state index in [9.17, 15) is 9.50 Å². The van der Waals surface area contributed by atoms with Crippen LogP contribution in [0.3, 0.4) is 0 Å². The molecule has 157 valence electrons. The molecule has 1 unspecified atom stereocenters.